The van der Waals surface area contributed by atoms with Gasteiger partial charge in [-0.25, -0.2) is 0 Å². The van der Waals surface area contributed by atoms with Crippen LogP contribution in [-0.4, -0.2) is 28.2 Å². The number of rotatable bonds is 7. The molecular weight excluding hydrogens is 815 g/mol. The van der Waals surface area contributed by atoms with E-state index in [-0.39, 0.29) is 11.0 Å². The highest BCUT2D eigenvalue weighted by atomic mass is 15.1. The summed E-state index contributed by atoms with van der Waals surface area (Å²) in [7, 11) is 0. The van der Waals surface area contributed by atoms with Gasteiger partial charge in [-0.3, -0.25) is 4.99 Å². The van der Waals surface area contributed by atoms with Crippen molar-refractivity contribution in [1.82, 2.24) is 4.57 Å². The second-order valence-electron chi connectivity index (χ2n) is 18.2. The monoisotopic (exact) mass is 888 g/mol. The standard InChI is InChI=1S/C41H40N4.2C7H8.C4H10.C3H7N/c1-6-42-35-26-25-34-38(33(35)23-21-28-15-9-7-10-16-28)39(44-41(4,5)40(34,2)3)43-29-22-24-32-31-19-13-14-20-36(31)45(37(32)27-29)30-17-11-8-12-18-30;2*1-7-5-3-2-4-6-7;1-3-4-2;1-3(2)4/h7-27,42H,6H2,1-5H3,(H,43,44);2*2-6H,1H3;3-4H2,1-2H3;4H,1-2H3/b23-21+;;;;. The van der Waals surface area contributed by atoms with Crippen LogP contribution < -0.4 is 10.6 Å². The lowest BCUT2D eigenvalue weighted by Crippen LogP contribution is -2.47. The van der Waals surface area contributed by atoms with Crippen LogP contribution in [-0.2, 0) is 5.41 Å². The van der Waals surface area contributed by atoms with Gasteiger partial charge in [0, 0.05) is 56.6 Å². The van der Waals surface area contributed by atoms with Gasteiger partial charge in [-0.05, 0) is 96.0 Å². The topological polar surface area (TPSA) is 65.2 Å². The molecule has 346 valence electrons. The largest absolute Gasteiger partial charge is 0.385 e. The van der Waals surface area contributed by atoms with Crippen molar-refractivity contribution in [3.05, 3.63) is 209 Å². The first-order valence-electron chi connectivity index (χ1n) is 23.9. The fourth-order valence-corrected chi connectivity index (χ4v) is 7.66. The third-order valence-corrected chi connectivity index (χ3v) is 12.0. The van der Waals surface area contributed by atoms with E-state index in [0.29, 0.717) is 5.71 Å². The van der Waals surface area contributed by atoms with Crippen molar-refractivity contribution in [1.29, 1.82) is 5.41 Å². The van der Waals surface area contributed by atoms with Gasteiger partial charge in [0.1, 0.15) is 5.84 Å². The molecule has 0 fully saturated rings. The number of unbranched alkanes of at least 4 members (excludes halogenated alkanes) is 1. The Morgan fingerprint density at radius 3 is 1.63 bits per heavy atom. The fraction of sp³-hybridized carbons (Fsp3) is 0.258. The summed E-state index contributed by atoms with van der Waals surface area (Å²) < 4.78 is 2.36. The number of benzene rings is 7. The minimum absolute atomic E-state index is 0.183. The van der Waals surface area contributed by atoms with Crippen molar-refractivity contribution in [2.24, 2.45) is 4.99 Å². The van der Waals surface area contributed by atoms with Crippen LogP contribution in [0, 0.1) is 19.3 Å². The molecule has 0 amide bonds. The van der Waals surface area contributed by atoms with E-state index in [2.05, 4.69) is 229 Å². The molecule has 0 radical (unpaired) electrons. The van der Waals surface area contributed by atoms with E-state index in [9.17, 15) is 0 Å². The Morgan fingerprint density at radius 1 is 0.597 bits per heavy atom. The predicted octanol–water partition coefficient (Wildman–Crippen LogP) is 17.2. The van der Waals surface area contributed by atoms with E-state index < -0.39 is 0 Å². The van der Waals surface area contributed by atoms with Gasteiger partial charge < -0.3 is 20.6 Å². The SMILES string of the molecule is CC(C)=N.CCCC.CCNc1ccc2c(c1/C=C/c1ccccc1)C(Nc1ccc3c4ccccc4n(-c4ccccc4)c3c1)=NC(C)(C)C2(C)C.Cc1ccccc1.Cc1ccccc1. The summed E-state index contributed by atoms with van der Waals surface area (Å²) in [5.41, 5.74) is 13.2. The molecule has 0 bridgehead atoms. The first kappa shape index (κ1) is 51.0. The average Bonchev–Trinajstić information content (AvgIpc) is 3.65. The van der Waals surface area contributed by atoms with Crippen molar-refractivity contribution in [2.45, 2.75) is 100.0 Å². The van der Waals surface area contributed by atoms with Crippen LogP contribution in [0.5, 0.6) is 0 Å². The first-order valence-corrected chi connectivity index (χ1v) is 23.9. The van der Waals surface area contributed by atoms with Crippen LogP contribution in [0.2, 0.25) is 0 Å². The van der Waals surface area contributed by atoms with E-state index in [4.69, 9.17) is 10.4 Å². The number of aliphatic imine (C=N–C) groups is 1. The molecule has 5 nitrogen and oxygen atoms in total. The van der Waals surface area contributed by atoms with Gasteiger partial charge in [0.25, 0.3) is 0 Å². The molecule has 0 spiro atoms. The number of nitrogens with one attached hydrogen (secondary N) is 3. The smallest absolute Gasteiger partial charge is 0.134 e. The number of para-hydroxylation sites is 2. The Kier molecular flexibility index (Phi) is 18.7. The third kappa shape index (κ3) is 13.5. The van der Waals surface area contributed by atoms with Crippen molar-refractivity contribution in [3.8, 4) is 5.69 Å². The molecule has 8 aromatic rings. The highest BCUT2D eigenvalue weighted by Crippen LogP contribution is 2.46. The van der Waals surface area contributed by atoms with Crippen molar-refractivity contribution >= 4 is 56.9 Å². The molecule has 0 saturated carbocycles. The molecule has 7 aromatic carbocycles. The summed E-state index contributed by atoms with van der Waals surface area (Å²) in [4.78, 5) is 5.46. The lowest BCUT2D eigenvalue weighted by Gasteiger charge is -2.45. The average molecular weight is 888 g/mol. The molecule has 1 aliphatic heterocycles. The Balaban J connectivity index is 0.000000313. The van der Waals surface area contributed by atoms with E-state index in [0.717, 1.165) is 46.1 Å². The van der Waals surface area contributed by atoms with Crippen LogP contribution in [0.25, 0.3) is 39.6 Å². The minimum Gasteiger partial charge on any atom is -0.385 e. The maximum absolute atomic E-state index is 6.50. The highest BCUT2D eigenvalue weighted by Gasteiger charge is 2.44. The van der Waals surface area contributed by atoms with E-state index in [1.165, 1.54) is 51.4 Å². The maximum atomic E-state index is 6.50. The van der Waals surface area contributed by atoms with Crippen molar-refractivity contribution < 1.29 is 0 Å². The number of amidine groups is 1. The lowest BCUT2D eigenvalue weighted by atomic mass is 9.66. The summed E-state index contributed by atoms with van der Waals surface area (Å²) >= 11 is 0. The Bertz CT molecular complexity index is 2790. The van der Waals surface area contributed by atoms with Gasteiger partial charge in [-0.2, -0.15) is 0 Å². The van der Waals surface area contributed by atoms with Crippen molar-refractivity contribution in [3.63, 3.8) is 0 Å². The van der Waals surface area contributed by atoms with Crippen molar-refractivity contribution in [2.75, 3.05) is 17.2 Å². The zero-order chi connectivity index (χ0) is 48.4. The van der Waals surface area contributed by atoms with Crippen LogP contribution in [0.4, 0.5) is 11.4 Å². The fourth-order valence-electron chi connectivity index (χ4n) is 7.66. The van der Waals surface area contributed by atoms with Crippen LogP contribution in [0.1, 0.15) is 109 Å². The summed E-state index contributed by atoms with van der Waals surface area (Å²) in [6.45, 7) is 24.1. The summed E-state index contributed by atoms with van der Waals surface area (Å²) in [5, 5.41) is 16.4. The second kappa shape index (κ2) is 24.5. The molecule has 9 rings (SSSR count). The predicted molar refractivity (Wildman–Crippen MR) is 296 cm³/mol. The lowest BCUT2D eigenvalue weighted by molar-refractivity contribution is 0.303. The van der Waals surface area contributed by atoms with E-state index in [1.54, 1.807) is 13.8 Å². The minimum atomic E-state index is -0.328. The van der Waals surface area contributed by atoms with Crippen LogP contribution in [0.3, 0.4) is 0 Å². The van der Waals surface area contributed by atoms with E-state index >= 15 is 0 Å². The zero-order valence-electron chi connectivity index (χ0n) is 41.9. The summed E-state index contributed by atoms with van der Waals surface area (Å²) in [6, 6.07) is 61.5. The number of aryl methyl sites for hydroxylation is 2. The normalized spacial score (nSPS) is 12.9. The molecule has 0 unspecified atom stereocenters. The number of nitrogens with zero attached hydrogens (tertiary/aromatic N) is 2. The van der Waals surface area contributed by atoms with Gasteiger partial charge in [-0.1, -0.05) is 203 Å². The Morgan fingerprint density at radius 2 is 1.10 bits per heavy atom. The first-order chi connectivity index (χ1) is 32.2. The molecule has 0 saturated heterocycles. The molecule has 1 aromatic heterocycles. The molecule has 2 heterocycles. The van der Waals surface area contributed by atoms with Gasteiger partial charge in [-0.15, -0.1) is 0 Å². The highest BCUT2D eigenvalue weighted by molar-refractivity contribution is 6.16. The van der Waals surface area contributed by atoms with Gasteiger partial charge >= 0.3 is 0 Å². The van der Waals surface area contributed by atoms with Crippen LogP contribution >= 0.6 is 0 Å². The molecular formula is C62H73N5. The maximum Gasteiger partial charge on any atom is 0.134 e. The Hall–Kier alpha value is -6.98. The number of aromatic nitrogens is 1. The molecule has 0 atom stereocenters. The second-order valence-corrected chi connectivity index (χ2v) is 18.2. The number of hydrogen-bond donors (Lipinski definition) is 3. The molecule has 3 N–H and O–H groups in total. The summed E-state index contributed by atoms with van der Waals surface area (Å²) in [6.07, 6.45) is 7.08. The molecule has 67 heavy (non-hydrogen) atoms. The Labute approximate surface area is 402 Å². The summed E-state index contributed by atoms with van der Waals surface area (Å²) in [5.74, 6) is 0.892. The van der Waals surface area contributed by atoms with E-state index in [1.807, 2.05) is 36.4 Å². The molecule has 5 heteroatoms. The zero-order valence-corrected chi connectivity index (χ0v) is 41.9. The molecule has 1 aliphatic rings. The molecule has 0 aliphatic carbocycles. The van der Waals surface area contributed by atoms with Gasteiger partial charge in [0.2, 0.25) is 0 Å². The van der Waals surface area contributed by atoms with Gasteiger partial charge in [0.15, 0.2) is 0 Å². The van der Waals surface area contributed by atoms with Crippen LogP contribution in [0.15, 0.2) is 181 Å². The number of fused-ring (bicyclic) bond motifs is 4. The quantitative estimate of drug-likeness (QED) is 0.110. The number of hydrogen-bond acceptors (Lipinski definition) is 4. The number of anilines is 2. The van der Waals surface area contributed by atoms with Gasteiger partial charge in [0.05, 0.1) is 16.6 Å². The third-order valence-electron chi connectivity index (χ3n) is 12.0.